The highest BCUT2D eigenvalue weighted by atomic mass is 19.1. The molecule has 4 fully saturated rings. The van der Waals surface area contributed by atoms with Gasteiger partial charge in [0.15, 0.2) is 11.6 Å². The molecule has 22 nitrogen and oxygen atoms in total. The van der Waals surface area contributed by atoms with Gasteiger partial charge in [0.05, 0.1) is 83.5 Å². The quantitative estimate of drug-likeness (QED) is 0.0356. The number of aromatic hydroxyl groups is 3. The maximum Gasteiger partial charge on any atom is 0.341 e. The second-order valence-corrected chi connectivity index (χ2v) is 24.9. The first-order valence-electron chi connectivity index (χ1n) is 29.9. The number of Topliss-reactive ketones (excluding diaryl/α,β-unsaturated/α-hetero) is 1. The van der Waals surface area contributed by atoms with Crippen molar-refractivity contribution in [3.05, 3.63) is 98.0 Å². The van der Waals surface area contributed by atoms with Gasteiger partial charge < -0.3 is 59.8 Å². The van der Waals surface area contributed by atoms with E-state index in [2.05, 4.69) is 27.3 Å². The van der Waals surface area contributed by atoms with Crippen molar-refractivity contribution < 1.29 is 73.2 Å². The standard InChI is InChI=1S/C64H80FN7O15/c1-31-13-12-14-32(2)60(80)67-49-43(55(77)46-47(56(49)78)54(76)37(7)58-48(46)59(79)63(9,87-58)85-26-18-45(84-11)33(3)57(86-38(8)73)36(6)53(75)35(5)52(31)74)28-66-70-22-24-71(25-23-70)68(10)64(19-20-64)40-17-21-69(29-40)51-34(4)50-41(39-15-16-39)27-42(62(82)83)61(81)72(50)30-44(51)65/h12-14,18,26-28,30-31,33,35-36,39-40,45,52-53,57,74-78H,15-17,19-25,29H2,1-11H3,(H,67,80)(H,82,83)/b13-12-,26-18?,32-14-,66-28+/t31-,33+,35+,36+,40+,45-,52-,53+,57+,63-/m0/s1. The van der Waals surface area contributed by atoms with Gasteiger partial charge in [-0.2, -0.15) is 5.10 Å². The number of anilines is 2. The lowest BCUT2D eigenvalue weighted by Gasteiger charge is -2.44. The molecule has 2 saturated carbocycles. The van der Waals surface area contributed by atoms with Crippen LogP contribution in [0.3, 0.4) is 0 Å². The van der Waals surface area contributed by atoms with Crippen molar-refractivity contribution in [2.24, 2.45) is 34.7 Å². The largest absolute Gasteiger partial charge is 0.507 e. The number of allylic oxidation sites excluding steroid dienone is 2. The maximum absolute atomic E-state index is 16.3. The molecular weight excluding hydrogens is 1130 g/mol. The van der Waals surface area contributed by atoms with Crippen LogP contribution < -0.4 is 20.5 Å². The lowest BCUT2D eigenvalue weighted by Crippen LogP contribution is -2.57. The number of piperazine rings is 1. The molecule has 2 aromatic carbocycles. The number of nitrogens with one attached hydrogen (secondary N) is 1. The van der Waals surface area contributed by atoms with E-state index in [4.69, 9.17) is 24.0 Å². The number of hydrogen-bond acceptors (Lipinski definition) is 19. The zero-order valence-corrected chi connectivity index (χ0v) is 51.1. The number of hydrazone groups is 1. The number of nitrogens with zero attached hydrogens (tertiary/aromatic N) is 6. The summed E-state index contributed by atoms with van der Waals surface area (Å²) in [5.41, 5.74) is 0.429. The first-order valence-corrected chi connectivity index (χ1v) is 29.9. The van der Waals surface area contributed by atoms with E-state index in [0.29, 0.717) is 56.0 Å². The second kappa shape index (κ2) is 23.8. The number of rotatable bonds is 10. The van der Waals surface area contributed by atoms with Gasteiger partial charge in [-0.05, 0) is 88.0 Å². The number of carbonyl (C=O) groups excluding carboxylic acids is 3. The lowest BCUT2D eigenvalue weighted by atomic mass is 9.78. The van der Waals surface area contributed by atoms with Gasteiger partial charge in [-0.1, -0.05) is 45.9 Å². The molecule has 11 rings (SSSR count). The molecule has 7 heterocycles. The summed E-state index contributed by atoms with van der Waals surface area (Å²) in [7, 11) is 3.50. The SMILES string of the molecule is CO[C@H]1C=CO[C@@]2(C)Oc3c(C)c(O)c4c(O)c(c(/C=N/N5CCN(N(C)C6([C@@H]7CCN(c8c(F)cn9c(=O)c(C(=O)O)cc(C%10CC%10)c9c8C)C7)CC6)CC5)c(O)c4c3C2=O)NC(=O)/C(C)=C\C=C/[C@H](C)[C@H](O)[C@@H](C)[C@@H](O)[C@@H](C)[C@H](OC(C)=O)[C@@H]1C. The Hall–Kier alpha value is -7.57. The van der Waals surface area contributed by atoms with E-state index < -0.39 is 106 Å². The Morgan fingerprint density at radius 1 is 0.897 bits per heavy atom. The highest BCUT2D eigenvalue weighted by Gasteiger charge is 2.56. The molecule has 2 aliphatic carbocycles. The number of hydrogen-bond donors (Lipinski definition) is 7. The van der Waals surface area contributed by atoms with Crippen LogP contribution in [0.25, 0.3) is 16.3 Å². The Morgan fingerprint density at radius 2 is 1.59 bits per heavy atom. The van der Waals surface area contributed by atoms with Crippen molar-refractivity contribution in [3.8, 4) is 23.0 Å². The number of halogens is 1. The van der Waals surface area contributed by atoms with Gasteiger partial charge in [0.1, 0.15) is 28.9 Å². The Bertz CT molecular complexity index is 3640. The van der Waals surface area contributed by atoms with Crippen LogP contribution in [0.1, 0.15) is 129 Å². The number of aliphatic hydroxyl groups is 2. The van der Waals surface area contributed by atoms with Crippen LogP contribution >= 0.6 is 0 Å². The highest BCUT2D eigenvalue weighted by Crippen LogP contribution is 2.56. The van der Waals surface area contributed by atoms with Gasteiger partial charge in [0.25, 0.3) is 17.2 Å². The monoisotopic (exact) mass is 1210 g/mol. The number of carbonyl (C=O) groups is 4. The molecule has 468 valence electrons. The molecule has 0 spiro atoms. The molecular formula is C64H80FN7O15. The summed E-state index contributed by atoms with van der Waals surface area (Å²) in [5.74, 6) is -10.5. The van der Waals surface area contributed by atoms with E-state index in [1.165, 1.54) is 69.9 Å². The number of aromatic carboxylic acids is 1. The third kappa shape index (κ3) is 11.2. The van der Waals surface area contributed by atoms with E-state index >= 15 is 4.39 Å². The van der Waals surface area contributed by atoms with E-state index in [1.54, 1.807) is 44.9 Å². The topological polar surface area (TPSA) is 285 Å². The van der Waals surface area contributed by atoms with Crippen LogP contribution in [0.2, 0.25) is 0 Å². The first-order chi connectivity index (χ1) is 41.2. The number of fused-ring (bicyclic) bond motifs is 15. The number of aromatic nitrogens is 1. The molecule has 87 heavy (non-hydrogen) atoms. The van der Waals surface area contributed by atoms with Crippen molar-refractivity contribution in [3.63, 3.8) is 0 Å². The summed E-state index contributed by atoms with van der Waals surface area (Å²) in [5, 5.41) is 82.9. The summed E-state index contributed by atoms with van der Waals surface area (Å²) >= 11 is 0. The fourth-order valence-corrected chi connectivity index (χ4v) is 13.8. The van der Waals surface area contributed by atoms with E-state index in [-0.39, 0.29) is 67.4 Å². The molecule has 23 heteroatoms. The summed E-state index contributed by atoms with van der Waals surface area (Å²) in [6.45, 7) is 17.3. The lowest BCUT2D eigenvalue weighted by molar-refractivity contribution is -0.160. The molecule has 1 amide bonds. The van der Waals surface area contributed by atoms with Crippen molar-refractivity contribution in [2.45, 2.75) is 136 Å². The number of carboxylic acids is 1. The Balaban J connectivity index is 0.932. The summed E-state index contributed by atoms with van der Waals surface area (Å²) in [6, 6.07) is 1.47. The van der Waals surface area contributed by atoms with Crippen LogP contribution in [0.4, 0.5) is 15.8 Å². The number of carboxylic acid groups (broad SMARTS) is 1. The number of phenolic OH excluding ortho intramolecular Hbond substituents is 3. The number of amides is 1. The maximum atomic E-state index is 16.3. The summed E-state index contributed by atoms with van der Waals surface area (Å²) < 4.78 is 41.4. The van der Waals surface area contributed by atoms with Gasteiger partial charge in [-0.3, -0.25) is 28.6 Å². The number of ether oxygens (including phenoxy) is 4. The Kier molecular flexibility index (Phi) is 17.1. The number of aliphatic hydroxyl groups excluding tert-OH is 2. The smallest absolute Gasteiger partial charge is 0.341 e. The van der Waals surface area contributed by atoms with Crippen molar-refractivity contribution in [1.82, 2.24) is 19.4 Å². The Labute approximate surface area is 503 Å². The number of aryl methyl sites for hydroxylation is 1. The van der Waals surface area contributed by atoms with Crippen LogP contribution in [0, 0.1) is 49.3 Å². The van der Waals surface area contributed by atoms with E-state index in [1.807, 2.05) is 6.92 Å². The van der Waals surface area contributed by atoms with Gasteiger partial charge >= 0.3 is 17.7 Å². The van der Waals surface area contributed by atoms with Gasteiger partial charge in [-0.15, -0.1) is 0 Å². The van der Waals surface area contributed by atoms with E-state index in [0.717, 1.165) is 43.9 Å². The number of benzene rings is 2. The molecule has 7 aliphatic rings. The summed E-state index contributed by atoms with van der Waals surface area (Å²) in [4.78, 5) is 68.9. The Morgan fingerprint density at radius 3 is 2.22 bits per heavy atom. The molecule has 5 aliphatic heterocycles. The van der Waals surface area contributed by atoms with Crippen LogP contribution in [0.5, 0.6) is 23.0 Å². The van der Waals surface area contributed by atoms with Crippen LogP contribution in [-0.4, -0.2) is 169 Å². The van der Waals surface area contributed by atoms with Gasteiger partial charge in [0, 0.05) is 99.9 Å². The minimum absolute atomic E-state index is 0.0169. The number of methoxy groups -OCH3 is 1. The number of pyridine rings is 2. The molecule has 4 aromatic rings. The second-order valence-electron chi connectivity index (χ2n) is 24.9. The third-order valence-corrected chi connectivity index (χ3v) is 19.4. The zero-order chi connectivity index (χ0) is 63.0. The minimum atomic E-state index is -2.12. The molecule has 2 saturated heterocycles. The normalized spacial score (nSPS) is 29.2. The molecule has 5 bridgehead atoms. The predicted octanol–water partition coefficient (Wildman–Crippen LogP) is 7.25. The number of phenols is 3. The van der Waals surface area contributed by atoms with Crippen molar-refractivity contribution >= 4 is 57.5 Å². The minimum Gasteiger partial charge on any atom is -0.507 e. The summed E-state index contributed by atoms with van der Waals surface area (Å²) in [6.07, 6.45) is 10.1. The number of esters is 1. The van der Waals surface area contributed by atoms with Crippen LogP contribution in [-0.2, 0) is 23.8 Å². The highest BCUT2D eigenvalue weighted by molar-refractivity contribution is 6.24. The van der Waals surface area contributed by atoms with Crippen molar-refractivity contribution in [1.29, 1.82) is 0 Å². The average molecular weight is 1210 g/mol. The number of hydrazine groups is 1. The van der Waals surface area contributed by atoms with E-state index in [9.17, 15) is 54.6 Å². The van der Waals surface area contributed by atoms with Crippen LogP contribution in [0.15, 0.2) is 58.3 Å². The average Bonchev–Trinajstić information content (AvgIpc) is 1.69. The fourth-order valence-electron chi connectivity index (χ4n) is 13.8. The van der Waals surface area contributed by atoms with Crippen molar-refractivity contribution in [2.75, 3.05) is 63.6 Å². The molecule has 2 aromatic heterocycles. The molecule has 0 unspecified atom stereocenters. The third-order valence-electron chi connectivity index (χ3n) is 19.4. The van der Waals surface area contributed by atoms with Gasteiger partial charge in [-0.25, -0.2) is 19.2 Å². The molecule has 7 N–H and O–H groups in total. The zero-order valence-electron chi connectivity index (χ0n) is 51.1. The van der Waals surface area contributed by atoms with Gasteiger partial charge in [0.2, 0.25) is 0 Å². The predicted molar refractivity (Wildman–Crippen MR) is 322 cm³/mol. The molecule has 0 radical (unpaired) electrons. The first kappa shape index (κ1) is 62.5. The fraction of sp³-hybridized carbons (Fsp3) is 0.531. The number of ketones is 1. The molecule has 10 atom stereocenters.